The van der Waals surface area contributed by atoms with Crippen LogP contribution in [0.25, 0.3) is 11.1 Å². The van der Waals surface area contributed by atoms with Crippen molar-refractivity contribution < 1.29 is 24.3 Å². The van der Waals surface area contributed by atoms with Crippen LogP contribution in [0.2, 0.25) is 0 Å². The second-order valence-electron chi connectivity index (χ2n) is 9.76. The summed E-state index contributed by atoms with van der Waals surface area (Å²) in [6.45, 7) is 6.37. The van der Waals surface area contributed by atoms with Gasteiger partial charge in [0.1, 0.15) is 42.3 Å². The third kappa shape index (κ3) is 4.85. The summed E-state index contributed by atoms with van der Waals surface area (Å²) in [5.74, 6) is 2.18. The van der Waals surface area contributed by atoms with Crippen molar-refractivity contribution >= 4 is 11.1 Å². The highest BCUT2D eigenvalue weighted by atomic mass is 16.6. The monoisotopic (exact) mass is 473 g/mol. The van der Waals surface area contributed by atoms with E-state index >= 15 is 0 Å². The summed E-state index contributed by atoms with van der Waals surface area (Å²) in [6.07, 6.45) is 0.584. The Kier molecular flexibility index (Phi) is 6.17. The summed E-state index contributed by atoms with van der Waals surface area (Å²) >= 11 is 0. The molecular formula is C29H31NO5. The number of aromatic hydroxyl groups is 2. The second-order valence-corrected chi connectivity index (χ2v) is 9.76. The number of hydrogen-bond acceptors (Lipinski definition) is 5. The molecule has 0 saturated carbocycles. The third-order valence-corrected chi connectivity index (χ3v) is 7.08. The number of nitrogens with zero attached hydrogens (tertiary/aromatic N) is 1. The molecule has 6 nitrogen and oxygen atoms in total. The summed E-state index contributed by atoms with van der Waals surface area (Å²) < 4.78 is 12.1. The zero-order valence-electron chi connectivity index (χ0n) is 20.1. The topological polar surface area (TPSA) is 82.0 Å². The SMILES string of the molecule is CC1=C(c2ccc(O)cc2)[C@H](c2ccc(OCC[N+]3([O-])CC[C@@H](C)C3)cc2)Oc2cc(O)ccc21. The number of hydrogen-bond donors (Lipinski definition) is 2. The van der Waals surface area contributed by atoms with E-state index in [0.717, 1.165) is 34.3 Å². The molecule has 0 bridgehead atoms. The summed E-state index contributed by atoms with van der Waals surface area (Å²) in [5, 5.41) is 32.5. The van der Waals surface area contributed by atoms with Gasteiger partial charge in [-0.25, -0.2) is 0 Å². The van der Waals surface area contributed by atoms with Crippen LogP contribution in [0.3, 0.4) is 0 Å². The van der Waals surface area contributed by atoms with E-state index in [1.165, 1.54) is 0 Å². The van der Waals surface area contributed by atoms with Gasteiger partial charge in [-0.05, 0) is 60.0 Å². The normalized spacial score (nSPS) is 23.6. The van der Waals surface area contributed by atoms with Gasteiger partial charge < -0.3 is 29.5 Å². The van der Waals surface area contributed by atoms with Gasteiger partial charge >= 0.3 is 0 Å². The first-order valence-electron chi connectivity index (χ1n) is 12.1. The fraction of sp³-hybridized carbons (Fsp3) is 0.310. The van der Waals surface area contributed by atoms with E-state index in [4.69, 9.17) is 9.47 Å². The molecule has 2 aliphatic heterocycles. The summed E-state index contributed by atoms with van der Waals surface area (Å²) in [6, 6.07) is 20.0. The number of phenolic OH excluding ortho intramolecular Hbond substituents is 2. The number of rotatable bonds is 6. The molecule has 0 amide bonds. The molecule has 0 spiro atoms. The fourth-order valence-corrected chi connectivity index (χ4v) is 5.17. The summed E-state index contributed by atoms with van der Waals surface area (Å²) in [4.78, 5) is 0. The number of phenols is 2. The lowest BCUT2D eigenvalue weighted by Gasteiger charge is -2.38. The predicted molar refractivity (Wildman–Crippen MR) is 136 cm³/mol. The van der Waals surface area contributed by atoms with Gasteiger partial charge in [0.05, 0.1) is 13.1 Å². The molecule has 35 heavy (non-hydrogen) atoms. The van der Waals surface area contributed by atoms with Crippen molar-refractivity contribution in [2.45, 2.75) is 26.4 Å². The quantitative estimate of drug-likeness (QED) is 0.344. The van der Waals surface area contributed by atoms with Crippen molar-refractivity contribution in [2.75, 3.05) is 26.2 Å². The van der Waals surface area contributed by atoms with E-state index in [1.807, 2.05) is 49.4 Å². The molecule has 1 fully saturated rings. The van der Waals surface area contributed by atoms with E-state index in [-0.39, 0.29) is 16.1 Å². The standard InChI is InChI=1S/C29H31NO5/c1-19-13-14-30(33,18-19)15-16-34-25-10-5-22(6-11-25)29-28(21-3-7-23(31)8-4-21)20(2)26-12-9-24(32)17-27(26)35-29/h3-12,17,19,29,31-32H,13-16,18H2,1-2H3/t19-,29+,30?/m1/s1. The maximum absolute atomic E-state index is 12.7. The smallest absolute Gasteiger partial charge is 0.150 e. The van der Waals surface area contributed by atoms with Crippen LogP contribution in [0.4, 0.5) is 0 Å². The van der Waals surface area contributed by atoms with Crippen molar-refractivity contribution in [1.82, 2.24) is 0 Å². The van der Waals surface area contributed by atoms with E-state index in [0.29, 0.717) is 43.7 Å². The van der Waals surface area contributed by atoms with Gasteiger partial charge in [0.25, 0.3) is 0 Å². The summed E-state index contributed by atoms with van der Waals surface area (Å²) in [5.41, 5.74) is 4.86. The van der Waals surface area contributed by atoms with Crippen LogP contribution < -0.4 is 9.47 Å². The van der Waals surface area contributed by atoms with Crippen molar-refractivity contribution in [3.05, 3.63) is 88.6 Å². The maximum Gasteiger partial charge on any atom is 0.150 e. The minimum absolute atomic E-state index is 0.151. The minimum Gasteiger partial charge on any atom is -0.633 e. The molecule has 3 atom stereocenters. The van der Waals surface area contributed by atoms with Gasteiger partial charge in [-0.3, -0.25) is 0 Å². The first kappa shape index (κ1) is 23.3. The zero-order valence-corrected chi connectivity index (χ0v) is 20.1. The number of allylic oxidation sites excluding steroid dienone is 1. The Balaban J connectivity index is 1.39. The lowest BCUT2D eigenvalue weighted by atomic mass is 9.86. The van der Waals surface area contributed by atoms with Crippen LogP contribution in [-0.4, -0.2) is 41.1 Å². The van der Waals surface area contributed by atoms with E-state index in [9.17, 15) is 15.4 Å². The predicted octanol–water partition coefficient (Wildman–Crippen LogP) is 5.90. The van der Waals surface area contributed by atoms with Crippen LogP contribution in [0.1, 0.15) is 43.1 Å². The van der Waals surface area contributed by atoms with E-state index < -0.39 is 6.10 Å². The maximum atomic E-state index is 12.7. The Hall–Kier alpha value is -3.48. The highest BCUT2D eigenvalue weighted by Gasteiger charge is 2.30. The molecule has 182 valence electrons. The lowest BCUT2D eigenvalue weighted by Crippen LogP contribution is -2.42. The number of quaternary nitrogens is 1. The molecule has 1 unspecified atom stereocenters. The second kappa shape index (κ2) is 9.29. The van der Waals surface area contributed by atoms with Crippen molar-refractivity contribution in [3.8, 4) is 23.0 Å². The molecule has 2 N–H and O–H groups in total. The molecule has 1 saturated heterocycles. The molecule has 3 aromatic rings. The van der Waals surface area contributed by atoms with Gasteiger partial charge in [0.15, 0.2) is 0 Å². The largest absolute Gasteiger partial charge is 0.633 e. The molecular weight excluding hydrogens is 442 g/mol. The fourth-order valence-electron chi connectivity index (χ4n) is 5.17. The van der Waals surface area contributed by atoms with Crippen LogP contribution in [-0.2, 0) is 0 Å². The number of hydroxylamine groups is 3. The lowest BCUT2D eigenvalue weighted by molar-refractivity contribution is -0.869. The molecule has 2 heterocycles. The van der Waals surface area contributed by atoms with E-state index in [1.54, 1.807) is 24.3 Å². The average Bonchev–Trinajstić information content (AvgIpc) is 3.18. The van der Waals surface area contributed by atoms with Crippen LogP contribution in [0.5, 0.6) is 23.0 Å². The van der Waals surface area contributed by atoms with Gasteiger partial charge in [-0.15, -0.1) is 0 Å². The Labute approximate surface area is 205 Å². The highest BCUT2D eigenvalue weighted by molar-refractivity contribution is 5.95. The molecule has 6 heteroatoms. The average molecular weight is 474 g/mol. The molecule has 5 rings (SSSR count). The molecule has 3 aromatic carbocycles. The van der Waals surface area contributed by atoms with Gasteiger partial charge in [0, 0.05) is 29.5 Å². The number of fused-ring (bicyclic) bond motifs is 1. The Morgan fingerprint density at radius 3 is 2.40 bits per heavy atom. The first-order valence-corrected chi connectivity index (χ1v) is 12.1. The third-order valence-electron chi connectivity index (χ3n) is 7.08. The van der Waals surface area contributed by atoms with E-state index in [2.05, 4.69) is 6.92 Å². The van der Waals surface area contributed by atoms with Crippen molar-refractivity contribution in [2.24, 2.45) is 5.92 Å². The first-order chi connectivity index (χ1) is 16.8. The molecule has 0 aromatic heterocycles. The minimum atomic E-state index is -0.399. The number of benzene rings is 3. The van der Waals surface area contributed by atoms with Crippen molar-refractivity contribution in [3.63, 3.8) is 0 Å². The highest BCUT2D eigenvalue weighted by Crippen LogP contribution is 2.47. The van der Waals surface area contributed by atoms with Crippen LogP contribution in [0.15, 0.2) is 66.7 Å². The summed E-state index contributed by atoms with van der Waals surface area (Å²) in [7, 11) is 0. The zero-order chi connectivity index (χ0) is 24.6. The number of likely N-dealkylation sites (tertiary alicyclic amines) is 1. The number of ether oxygens (including phenoxy) is 2. The van der Waals surface area contributed by atoms with Crippen molar-refractivity contribution in [1.29, 1.82) is 0 Å². The van der Waals surface area contributed by atoms with Crippen LogP contribution >= 0.6 is 0 Å². The van der Waals surface area contributed by atoms with Gasteiger partial charge in [-0.1, -0.05) is 31.2 Å². The molecule has 2 aliphatic rings. The Bertz CT molecular complexity index is 1230. The van der Waals surface area contributed by atoms with Gasteiger partial charge in [-0.2, -0.15) is 0 Å². The molecule has 0 radical (unpaired) electrons. The van der Waals surface area contributed by atoms with Gasteiger partial charge in [0.2, 0.25) is 0 Å². The van der Waals surface area contributed by atoms with Crippen LogP contribution in [0, 0.1) is 11.1 Å². The Morgan fingerprint density at radius 1 is 1.00 bits per heavy atom. The molecule has 0 aliphatic carbocycles. The Morgan fingerprint density at radius 2 is 1.71 bits per heavy atom.